The van der Waals surface area contributed by atoms with Gasteiger partial charge >= 0.3 is 10.1 Å². The fourth-order valence-electron chi connectivity index (χ4n) is 3.73. The standard InChI is InChI=1S/C21H26N4O4S2/c1-25-20(19-6-3-11-28-19)23-24-21(25)30-12-4-5-15-7-8-16-13-17(29-31(2,26)27)9-10-18(16)22-14-15/h3,6,9-11,13,15,22H,4-5,7-8,12,14H2,1-2H3. The van der Waals surface area contributed by atoms with Crippen molar-refractivity contribution in [3.63, 3.8) is 0 Å². The Hall–Kier alpha value is -2.46. The molecule has 2 aromatic heterocycles. The molecular formula is C21H26N4O4S2. The summed E-state index contributed by atoms with van der Waals surface area (Å²) in [5.74, 6) is 3.36. The van der Waals surface area contributed by atoms with E-state index in [0.717, 1.165) is 72.2 Å². The molecular weight excluding hydrogens is 436 g/mol. The second-order valence-electron chi connectivity index (χ2n) is 7.73. The van der Waals surface area contributed by atoms with E-state index in [0.29, 0.717) is 11.7 Å². The van der Waals surface area contributed by atoms with Crippen molar-refractivity contribution in [1.82, 2.24) is 14.8 Å². The molecule has 3 aromatic rings. The van der Waals surface area contributed by atoms with Crippen LogP contribution in [0.3, 0.4) is 0 Å². The van der Waals surface area contributed by atoms with Crippen LogP contribution in [-0.4, -0.2) is 41.7 Å². The van der Waals surface area contributed by atoms with E-state index in [1.807, 2.05) is 35.9 Å². The van der Waals surface area contributed by atoms with Crippen LogP contribution in [0.5, 0.6) is 5.75 Å². The molecule has 4 rings (SSSR count). The molecule has 0 radical (unpaired) electrons. The summed E-state index contributed by atoms with van der Waals surface area (Å²) in [6, 6.07) is 9.15. The molecule has 1 aliphatic rings. The molecule has 166 valence electrons. The highest BCUT2D eigenvalue weighted by Gasteiger charge is 2.18. The Kier molecular flexibility index (Phi) is 6.57. The lowest BCUT2D eigenvalue weighted by molar-refractivity contribution is 0.475. The van der Waals surface area contributed by atoms with Crippen LogP contribution in [0.4, 0.5) is 5.69 Å². The first-order chi connectivity index (χ1) is 14.9. The first kappa shape index (κ1) is 21.8. The van der Waals surface area contributed by atoms with E-state index in [1.165, 1.54) is 0 Å². The molecule has 0 spiro atoms. The number of aromatic nitrogens is 3. The lowest BCUT2D eigenvalue weighted by Crippen LogP contribution is -2.12. The number of hydrogen-bond donors (Lipinski definition) is 1. The molecule has 0 fully saturated rings. The Morgan fingerprint density at radius 1 is 1.32 bits per heavy atom. The van der Waals surface area contributed by atoms with Crippen LogP contribution >= 0.6 is 11.8 Å². The van der Waals surface area contributed by atoms with Crippen molar-refractivity contribution in [3.05, 3.63) is 42.2 Å². The zero-order chi connectivity index (χ0) is 21.8. The highest BCUT2D eigenvalue weighted by molar-refractivity contribution is 7.99. The average Bonchev–Trinajstić information content (AvgIpc) is 3.31. The summed E-state index contributed by atoms with van der Waals surface area (Å²) in [7, 11) is -1.56. The minimum Gasteiger partial charge on any atom is -0.461 e. The van der Waals surface area contributed by atoms with Crippen LogP contribution in [0.1, 0.15) is 24.8 Å². The van der Waals surface area contributed by atoms with Crippen molar-refractivity contribution < 1.29 is 17.0 Å². The van der Waals surface area contributed by atoms with Gasteiger partial charge in [0.15, 0.2) is 16.7 Å². The Morgan fingerprint density at radius 2 is 2.19 bits per heavy atom. The lowest BCUT2D eigenvalue weighted by Gasteiger charge is -2.14. The normalized spacial score (nSPS) is 16.4. The predicted molar refractivity (Wildman–Crippen MR) is 121 cm³/mol. The van der Waals surface area contributed by atoms with E-state index in [2.05, 4.69) is 15.5 Å². The van der Waals surface area contributed by atoms with Gasteiger partial charge in [0.25, 0.3) is 0 Å². The van der Waals surface area contributed by atoms with Gasteiger partial charge in [-0.3, -0.25) is 0 Å². The van der Waals surface area contributed by atoms with Gasteiger partial charge in [0.2, 0.25) is 0 Å². The number of benzene rings is 1. The van der Waals surface area contributed by atoms with Crippen LogP contribution in [-0.2, 0) is 23.6 Å². The van der Waals surface area contributed by atoms with Gasteiger partial charge in [0.1, 0.15) is 5.75 Å². The molecule has 1 unspecified atom stereocenters. The number of anilines is 1. The number of nitrogens with zero attached hydrogens (tertiary/aromatic N) is 3. The summed E-state index contributed by atoms with van der Waals surface area (Å²) >= 11 is 1.71. The van der Waals surface area contributed by atoms with E-state index in [4.69, 9.17) is 8.60 Å². The predicted octanol–water partition coefficient (Wildman–Crippen LogP) is 3.96. The number of furan rings is 1. The Morgan fingerprint density at radius 3 is 2.97 bits per heavy atom. The maximum Gasteiger partial charge on any atom is 0.306 e. The highest BCUT2D eigenvalue weighted by atomic mass is 32.2. The van der Waals surface area contributed by atoms with Gasteiger partial charge in [0.05, 0.1) is 12.5 Å². The SMILES string of the molecule is Cn1c(SCCCC2CCc3cc(OS(C)(=O)=O)ccc3NC2)nnc1-c1ccco1. The molecule has 0 amide bonds. The molecule has 0 saturated heterocycles. The molecule has 3 heterocycles. The second kappa shape index (κ2) is 9.35. The summed E-state index contributed by atoms with van der Waals surface area (Å²) in [5, 5.41) is 12.9. The smallest absolute Gasteiger partial charge is 0.306 e. The van der Waals surface area contributed by atoms with Gasteiger partial charge in [-0.15, -0.1) is 10.2 Å². The molecule has 1 aromatic carbocycles. The molecule has 1 atom stereocenters. The molecule has 0 aliphatic carbocycles. The van der Waals surface area contributed by atoms with Crippen molar-refractivity contribution >= 4 is 27.6 Å². The largest absolute Gasteiger partial charge is 0.461 e. The number of nitrogens with one attached hydrogen (secondary N) is 1. The Labute approximate surface area is 186 Å². The third-order valence-electron chi connectivity index (χ3n) is 5.29. The quantitative estimate of drug-likeness (QED) is 0.305. The second-order valence-corrected chi connectivity index (χ2v) is 10.4. The first-order valence-electron chi connectivity index (χ1n) is 10.2. The summed E-state index contributed by atoms with van der Waals surface area (Å²) in [4.78, 5) is 0. The molecule has 10 heteroatoms. The summed E-state index contributed by atoms with van der Waals surface area (Å²) in [5.41, 5.74) is 2.16. The summed E-state index contributed by atoms with van der Waals surface area (Å²) in [6.45, 7) is 0.913. The average molecular weight is 463 g/mol. The highest BCUT2D eigenvalue weighted by Crippen LogP contribution is 2.30. The third kappa shape index (κ3) is 5.62. The van der Waals surface area contributed by atoms with Crippen molar-refractivity contribution in [2.45, 2.75) is 30.8 Å². The van der Waals surface area contributed by atoms with E-state index in [-0.39, 0.29) is 0 Å². The van der Waals surface area contributed by atoms with Gasteiger partial charge in [-0.05, 0) is 67.5 Å². The maximum atomic E-state index is 11.4. The monoisotopic (exact) mass is 462 g/mol. The van der Waals surface area contributed by atoms with Gasteiger partial charge in [-0.1, -0.05) is 11.8 Å². The van der Waals surface area contributed by atoms with Crippen LogP contribution in [0.15, 0.2) is 46.2 Å². The molecule has 0 bridgehead atoms. The number of fused-ring (bicyclic) bond motifs is 1. The van der Waals surface area contributed by atoms with Crippen molar-refractivity contribution in [1.29, 1.82) is 0 Å². The van der Waals surface area contributed by atoms with Gasteiger partial charge < -0.3 is 18.5 Å². The van der Waals surface area contributed by atoms with E-state index < -0.39 is 10.1 Å². The number of thioether (sulfide) groups is 1. The van der Waals surface area contributed by atoms with Gasteiger partial charge in [-0.2, -0.15) is 8.42 Å². The molecule has 1 aliphatic heterocycles. The number of hydrogen-bond acceptors (Lipinski definition) is 8. The minimum absolute atomic E-state index is 0.371. The van der Waals surface area contributed by atoms with E-state index in [1.54, 1.807) is 24.1 Å². The minimum atomic E-state index is -3.52. The van der Waals surface area contributed by atoms with Crippen molar-refractivity contribution in [2.75, 3.05) is 23.9 Å². The van der Waals surface area contributed by atoms with Crippen molar-refractivity contribution in [2.24, 2.45) is 13.0 Å². The van der Waals surface area contributed by atoms with E-state index in [9.17, 15) is 8.42 Å². The first-order valence-corrected chi connectivity index (χ1v) is 13.0. The van der Waals surface area contributed by atoms with Gasteiger partial charge in [0, 0.05) is 25.0 Å². The molecule has 1 N–H and O–H groups in total. The zero-order valence-corrected chi connectivity index (χ0v) is 19.2. The van der Waals surface area contributed by atoms with Crippen molar-refractivity contribution in [3.8, 4) is 17.3 Å². The zero-order valence-electron chi connectivity index (χ0n) is 17.6. The third-order valence-corrected chi connectivity index (χ3v) is 6.89. The van der Waals surface area contributed by atoms with E-state index >= 15 is 0 Å². The topological polar surface area (TPSA) is 99.2 Å². The van der Waals surface area contributed by atoms with Crippen LogP contribution in [0.25, 0.3) is 11.6 Å². The number of rotatable bonds is 8. The maximum absolute atomic E-state index is 11.4. The summed E-state index contributed by atoms with van der Waals surface area (Å²) in [6.07, 6.45) is 6.85. The number of aryl methyl sites for hydroxylation is 1. The van der Waals surface area contributed by atoms with Crippen LogP contribution < -0.4 is 9.50 Å². The van der Waals surface area contributed by atoms with Gasteiger partial charge in [-0.25, -0.2) is 0 Å². The molecule has 31 heavy (non-hydrogen) atoms. The Balaban J connectivity index is 1.26. The van der Waals surface area contributed by atoms with Crippen LogP contribution in [0.2, 0.25) is 0 Å². The molecule has 0 saturated carbocycles. The fraction of sp³-hybridized carbons (Fsp3) is 0.429. The molecule has 8 nitrogen and oxygen atoms in total. The van der Waals surface area contributed by atoms with Crippen LogP contribution in [0, 0.1) is 5.92 Å². The summed E-state index contributed by atoms with van der Waals surface area (Å²) < 4.78 is 35.1. The lowest BCUT2D eigenvalue weighted by atomic mass is 9.97. The fourth-order valence-corrected chi connectivity index (χ4v) is 5.06. The Bertz CT molecular complexity index is 1130.